The molecule has 0 heteroatoms. The van der Waals surface area contributed by atoms with Crippen LogP contribution in [0.1, 0.15) is 94.9 Å². The molecular weight excluding hydrogens is 480 g/mol. The van der Waals surface area contributed by atoms with Gasteiger partial charge in [-0.3, -0.25) is 0 Å². The lowest BCUT2D eigenvalue weighted by Crippen LogP contribution is -1.76. The Balaban J connectivity index is 4.70. The van der Waals surface area contributed by atoms with Crippen molar-refractivity contribution in [3.63, 3.8) is 0 Å². The SMILES string of the molecule is CC(C)=CCC/C(C)=C/C=C/C(C)=C\C=C\C(C)=C/C=C/C=C(C)/C=C/C=C(C)/C=C/C=C(\C)CCC=C(C)C. The second-order valence-corrected chi connectivity index (χ2v) is 11.1. The Kier molecular flexibility index (Phi) is 21.5. The molecule has 0 aliphatic rings. The van der Waals surface area contributed by atoms with Gasteiger partial charge in [0.2, 0.25) is 0 Å². The smallest absolute Gasteiger partial charge is 0.0285 e. The van der Waals surface area contributed by atoms with E-state index in [4.69, 9.17) is 0 Å². The predicted octanol–water partition coefficient (Wildman–Crippen LogP) is 12.9. The molecule has 0 aromatic carbocycles. The lowest BCUT2D eigenvalue weighted by Gasteiger charge is -1.96. The van der Waals surface area contributed by atoms with Crippen LogP contribution < -0.4 is 0 Å². The molecule has 216 valence electrons. The molecule has 0 aliphatic carbocycles. The Morgan fingerprint density at radius 1 is 0.350 bits per heavy atom. The van der Waals surface area contributed by atoms with Crippen LogP contribution in [0.4, 0.5) is 0 Å². The van der Waals surface area contributed by atoms with Gasteiger partial charge >= 0.3 is 0 Å². The van der Waals surface area contributed by atoms with Crippen LogP contribution >= 0.6 is 0 Å². The molecule has 0 aliphatic heterocycles. The Hall–Kier alpha value is -3.38. The zero-order valence-electron chi connectivity index (χ0n) is 27.2. The molecule has 0 unspecified atom stereocenters. The lowest BCUT2D eigenvalue weighted by atomic mass is 10.1. The zero-order valence-corrected chi connectivity index (χ0v) is 27.2. The molecule has 0 heterocycles. The molecule has 0 aromatic rings. The van der Waals surface area contributed by atoms with Gasteiger partial charge in [0.1, 0.15) is 0 Å². The third-order valence-electron chi connectivity index (χ3n) is 5.93. The molecule has 0 aromatic heterocycles. The normalized spacial score (nSPS) is 15.1. The Morgan fingerprint density at radius 2 is 0.625 bits per heavy atom. The topological polar surface area (TPSA) is 0 Å². The van der Waals surface area contributed by atoms with Crippen LogP contribution in [0.25, 0.3) is 0 Å². The van der Waals surface area contributed by atoms with Crippen molar-refractivity contribution < 1.29 is 0 Å². The monoisotopic (exact) mass is 536 g/mol. The molecule has 0 amide bonds. The molecule has 0 atom stereocenters. The average Bonchev–Trinajstić information content (AvgIpc) is 2.86. The summed E-state index contributed by atoms with van der Waals surface area (Å²) in [7, 11) is 0. The molecule has 0 saturated heterocycles. The van der Waals surface area contributed by atoms with E-state index in [1.807, 2.05) is 0 Å². The minimum Gasteiger partial charge on any atom is -0.0856 e. The zero-order chi connectivity index (χ0) is 30.2. The van der Waals surface area contributed by atoms with Gasteiger partial charge in [0.25, 0.3) is 0 Å². The molecule has 0 rings (SSSR count). The van der Waals surface area contributed by atoms with Gasteiger partial charge < -0.3 is 0 Å². The van der Waals surface area contributed by atoms with Crippen LogP contribution in [0.5, 0.6) is 0 Å². The largest absolute Gasteiger partial charge is 0.0856 e. The summed E-state index contributed by atoms with van der Waals surface area (Å²) in [6.07, 6.45) is 43.3. The van der Waals surface area contributed by atoms with Gasteiger partial charge in [0.05, 0.1) is 0 Å². The minimum absolute atomic E-state index is 1.12. The maximum atomic E-state index is 2.30. The van der Waals surface area contributed by atoms with Gasteiger partial charge in [-0.25, -0.2) is 0 Å². The predicted molar refractivity (Wildman–Crippen MR) is 186 cm³/mol. The molecule has 0 nitrogen and oxygen atoms in total. The first-order valence-corrected chi connectivity index (χ1v) is 14.7. The van der Waals surface area contributed by atoms with Crippen LogP contribution in [0.2, 0.25) is 0 Å². The maximum absolute atomic E-state index is 2.30. The van der Waals surface area contributed by atoms with Gasteiger partial charge in [-0.15, -0.1) is 0 Å². The van der Waals surface area contributed by atoms with Gasteiger partial charge in [-0.05, 0) is 94.9 Å². The summed E-state index contributed by atoms with van der Waals surface area (Å²) in [6.45, 7) is 21.5. The van der Waals surface area contributed by atoms with E-state index in [2.05, 4.69) is 179 Å². The highest BCUT2D eigenvalue weighted by Gasteiger charge is 1.88. The maximum Gasteiger partial charge on any atom is -0.0285 e. The van der Waals surface area contributed by atoms with Crippen LogP contribution in [0.15, 0.2) is 154 Å². The number of rotatable bonds is 16. The van der Waals surface area contributed by atoms with Crippen LogP contribution in [0, 0.1) is 0 Å². The van der Waals surface area contributed by atoms with Crippen molar-refractivity contribution in [3.05, 3.63) is 154 Å². The number of hydrogen-bond donors (Lipinski definition) is 0. The Morgan fingerprint density at radius 3 is 0.925 bits per heavy atom. The summed E-state index contributed by atoms with van der Waals surface area (Å²) in [5, 5.41) is 0. The van der Waals surface area contributed by atoms with Crippen molar-refractivity contribution in [1.82, 2.24) is 0 Å². The molecule has 0 saturated carbocycles. The van der Waals surface area contributed by atoms with Gasteiger partial charge in [-0.2, -0.15) is 0 Å². The van der Waals surface area contributed by atoms with Crippen LogP contribution in [0.3, 0.4) is 0 Å². The summed E-state index contributed by atoms with van der Waals surface area (Å²) in [4.78, 5) is 0. The third kappa shape index (κ3) is 24.9. The Labute approximate surface area is 248 Å². The first-order valence-electron chi connectivity index (χ1n) is 14.7. The van der Waals surface area contributed by atoms with E-state index in [-0.39, 0.29) is 0 Å². The second kappa shape index (κ2) is 23.5. The molecule has 0 fully saturated rings. The van der Waals surface area contributed by atoms with E-state index < -0.39 is 0 Å². The van der Waals surface area contributed by atoms with Crippen molar-refractivity contribution >= 4 is 0 Å². The summed E-state index contributed by atoms with van der Waals surface area (Å²) < 4.78 is 0. The quantitative estimate of drug-likeness (QED) is 0.136. The summed E-state index contributed by atoms with van der Waals surface area (Å²) in [5.74, 6) is 0. The highest BCUT2D eigenvalue weighted by molar-refractivity contribution is 5.32. The second-order valence-electron chi connectivity index (χ2n) is 11.1. The number of allylic oxidation sites excluding steroid dienone is 26. The van der Waals surface area contributed by atoms with E-state index in [0.29, 0.717) is 0 Å². The highest BCUT2D eigenvalue weighted by Crippen LogP contribution is 2.09. The van der Waals surface area contributed by atoms with Crippen molar-refractivity contribution in [2.24, 2.45) is 0 Å². The molecule has 0 N–H and O–H groups in total. The lowest BCUT2D eigenvalue weighted by molar-refractivity contribution is 0.967. The van der Waals surface area contributed by atoms with E-state index in [1.54, 1.807) is 0 Å². The highest BCUT2D eigenvalue weighted by atomic mass is 13.9. The molecule has 0 spiro atoms. The van der Waals surface area contributed by atoms with E-state index in [0.717, 1.165) is 25.7 Å². The summed E-state index contributed by atoms with van der Waals surface area (Å²) in [6, 6.07) is 0. The first-order chi connectivity index (χ1) is 19.0. The number of hydrogen-bond acceptors (Lipinski definition) is 0. The van der Waals surface area contributed by atoms with Crippen molar-refractivity contribution in [2.45, 2.75) is 94.9 Å². The van der Waals surface area contributed by atoms with Crippen LogP contribution in [-0.4, -0.2) is 0 Å². The van der Waals surface area contributed by atoms with Crippen molar-refractivity contribution in [1.29, 1.82) is 0 Å². The standard InChI is InChI=1S/C40H56/c1-33(2)19-13-23-37(7)27-17-31-39(9)29-15-25-35(5)21-11-12-22-36(6)26-16-30-40(10)32-18-28-38(8)24-14-20-34(3)4/h11-12,15-22,25-32H,13-14,23-24H2,1-10H3/b12-11+,25-15+,26-16+,31-17+,32-18+,35-21-,36-22+,37-27+,38-28+,39-29-,40-30+. The fourth-order valence-corrected chi connectivity index (χ4v) is 3.41. The fourth-order valence-electron chi connectivity index (χ4n) is 3.41. The van der Waals surface area contributed by atoms with E-state index in [9.17, 15) is 0 Å². The van der Waals surface area contributed by atoms with Crippen molar-refractivity contribution in [3.8, 4) is 0 Å². The van der Waals surface area contributed by atoms with Gasteiger partial charge in [0.15, 0.2) is 0 Å². The summed E-state index contributed by atoms with van der Waals surface area (Å²) in [5.41, 5.74) is 10.5. The minimum atomic E-state index is 1.12. The van der Waals surface area contributed by atoms with Crippen LogP contribution in [-0.2, 0) is 0 Å². The third-order valence-corrected chi connectivity index (χ3v) is 5.93. The van der Waals surface area contributed by atoms with Gasteiger partial charge in [0, 0.05) is 0 Å². The molecular formula is C40H56. The van der Waals surface area contributed by atoms with E-state index in [1.165, 1.54) is 44.6 Å². The van der Waals surface area contributed by atoms with E-state index >= 15 is 0 Å². The summed E-state index contributed by atoms with van der Waals surface area (Å²) >= 11 is 0. The molecule has 0 radical (unpaired) electrons. The van der Waals surface area contributed by atoms with Gasteiger partial charge in [-0.1, -0.05) is 154 Å². The Bertz CT molecular complexity index is 1050. The molecule has 0 bridgehead atoms. The fraction of sp³-hybridized carbons (Fsp3) is 0.350. The van der Waals surface area contributed by atoms with Crippen molar-refractivity contribution in [2.75, 3.05) is 0 Å². The molecule has 40 heavy (non-hydrogen) atoms. The average molecular weight is 537 g/mol. The first kappa shape index (κ1) is 36.6.